The average molecular weight is 703 g/mol. The zero-order chi connectivity index (χ0) is 36.4. The van der Waals surface area contributed by atoms with Gasteiger partial charge in [-0.15, -0.1) is 0 Å². The molecule has 0 aliphatic rings. The molecular formula is C35H66N4O10. The molecule has 0 aromatic carbocycles. The van der Waals surface area contributed by atoms with Gasteiger partial charge in [0.15, 0.2) is 0 Å². The zero-order valence-corrected chi connectivity index (χ0v) is 29.7. The number of rotatable bonds is 36. The number of hydrogen-bond donors (Lipinski definition) is 7. The maximum atomic E-state index is 12.3. The molecular weight excluding hydrogens is 636 g/mol. The van der Waals surface area contributed by atoms with Crippen molar-refractivity contribution in [2.45, 2.75) is 147 Å². The molecule has 286 valence electrons. The predicted molar refractivity (Wildman–Crippen MR) is 187 cm³/mol. The number of nitrogens with two attached hydrogens (primary N) is 1. The highest BCUT2D eigenvalue weighted by Gasteiger charge is 2.20. The summed E-state index contributed by atoms with van der Waals surface area (Å²) in [5.74, 6) is -3.15. The molecule has 14 heteroatoms. The van der Waals surface area contributed by atoms with E-state index in [0.717, 1.165) is 32.1 Å². The first kappa shape index (κ1) is 46.2. The fourth-order valence-electron chi connectivity index (χ4n) is 5.12. The fourth-order valence-corrected chi connectivity index (χ4v) is 5.12. The number of amides is 3. The standard InChI is InChI=1S/C35H66N4O10/c36-29(34(44)45)18-15-16-22-37-33(43)28-49-27-26-48-25-23-38-31(41)21-20-30(35(46)47)39-32(42)19-14-12-10-8-6-4-2-1-3-5-7-9-11-13-17-24-40/h29-30,40H,1-28,36H2,(H,37,43)(H,38,41)(H,39,42)(H,44,45)(H,46,47)/t29-,30-/m0/s1. The second kappa shape index (κ2) is 33.7. The number of ether oxygens (including phenoxy) is 2. The van der Waals surface area contributed by atoms with Gasteiger partial charge < -0.3 is 46.5 Å². The summed E-state index contributed by atoms with van der Waals surface area (Å²) >= 11 is 0. The van der Waals surface area contributed by atoms with Crippen LogP contribution in [0.2, 0.25) is 0 Å². The van der Waals surface area contributed by atoms with E-state index in [1.165, 1.54) is 57.8 Å². The number of nitrogens with one attached hydrogen (secondary N) is 3. The SMILES string of the molecule is N[C@@H](CCCCNC(=O)COCCOCCNC(=O)CC[C@H](NC(=O)CCCCCCCCCCCCCCCCCO)C(=O)O)C(=O)O. The number of aliphatic hydroxyl groups is 1. The van der Waals surface area contributed by atoms with E-state index < -0.39 is 24.0 Å². The molecule has 14 nitrogen and oxygen atoms in total. The Hall–Kier alpha value is -2.81. The van der Waals surface area contributed by atoms with Crippen molar-refractivity contribution in [1.29, 1.82) is 0 Å². The minimum absolute atomic E-state index is 0.00975. The van der Waals surface area contributed by atoms with Gasteiger partial charge in [-0.1, -0.05) is 83.5 Å². The monoisotopic (exact) mass is 702 g/mol. The van der Waals surface area contributed by atoms with E-state index in [1.807, 2.05) is 0 Å². The molecule has 0 saturated carbocycles. The maximum Gasteiger partial charge on any atom is 0.326 e. The highest BCUT2D eigenvalue weighted by Crippen LogP contribution is 2.14. The predicted octanol–water partition coefficient (Wildman–Crippen LogP) is 3.42. The van der Waals surface area contributed by atoms with E-state index in [0.29, 0.717) is 38.8 Å². The molecule has 0 aromatic rings. The molecule has 0 unspecified atom stereocenters. The quantitative estimate of drug-likeness (QED) is 0.0468. The van der Waals surface area contributed by atoms with E-state index in [9.17, 15) is 29.1 Å². The molecule has 0 aliphatic heterocycles. The maximum absolute atomic E-state index is 12.3. The number of carboxylic acid groups (broad SMARTS) is 2. The minimum atomic E-state index is -1.17. The summed E-state index contributed by atoms with van der Waals surface area (Å²) in [6, 6.07) is -2.01. The molecule has 8 N–H and O–H groups in total. The van der Waals surface area contributed by atoms with Gasteiger partial charge in [0.2, 0.25) is 17.7 Å². The summed E-state index contributed by atoms with van der Waals surface area (Å²) in [6.07, 6.45) is 19.1. The van der Waals surface area contributed by atoms with Crippen molar-refractivity contribution in [3.63, 3.8) is 0 Å². The van der Waals surface area contributed by atoms with Crippen LogP contribution in [0, 0.1) is 0 Å². The smallest absolute Gasteiger partial charge is 0.326 e. The van der Waals surface area contributed by atoms with E-state index in [2.05, 4.69) is 16.0 Å². The Kier molecular flexibility index (Phi) is 31.7. The van der Waals surface area contributed by atoms with Gasteiger partial charge in [-0.2, -0.15) is 0 Å². The fraction of sp³-hybridized carbons (Fsp3) is 0.857. The lowest BCUT2D eigenvalue weighted by atomic mass is 10.0. The molecule has 0 fully saturated rings. The Bertz CT molecular complexity index is 877. The molecule has 3 amide bonds. The Morgan fingerprint density at radius 1 is 0.531 bits per heavy atom. The van der Waals surface area contributed by atoms with Crippen molar-refractivity contribution < 1.29 is 48.8 Å². The Balaban J connectivity index is 3.69. The third-order valence-corrected chi connectivity index (χ3v) is 8.11. The van der Waals surface area contributed by atoms with E-state index in [1.54, 1.807) is 0 Å². The van der Waals surface area contributed by atoms with Crippen molar-refractivity contribution >= 4 is 29.7 Å². The molecule has 0 radical (unpaired) electrons. The van der Waals surface area contributed by atoms with Crippen LogP contribution in [0.25, 0.3) is 0 Å². The minimum Gasteiger partial charge on any atom is -0.480 e. The number of hydrogen-bond acceptors (Lipinski definition) is 9. The number of aliphatic carboxylic acids is 2. The molecule has 0 aliphatic carbocycles. The third kappa shape index (κ3) is 32.2. The summed E-state index contributed by atoms with van der Waals surface area (Å²) in [4.78, 5) is 58.3. The Labute approximate surface area is 293 Å². The molecule has 0 rings (SSSR count). The first-order valence-corrected chi connectivity index (χ1v) is 18.5. The van der Waals surface area contributed by atoms with Gasteiger partial charge in [-0.3, -0.25) is 19.2 Å². The largest absolute Gasteiger partial charge is 0.480 e. The second-order valence-corrected chi connectivity index (χ2v) is 12.6. The van der Waals surface area contributed by atoms with Gasteiger partial charge in [-0.25, -0.2) is 4.79 Å². The lowest BCUT2D eigenvalue weighted by Crippen LogP contribution is -2.41. The van der Waals surface area contributed by atoms with Gasteiger partial charge in [0, 0.05) is 32.5 Å². The number of carbonyl (C=O) groups is 5. The van der Waals surface area contributed by atoms with E-state index in [-0.39, 0.29) is 70.0 Å². The molecule has 0 saturated heterocycles. The molecule has 49 heavy (non-hydrogen) atoms. The average Bonchev–Trinajstić information content (AvgIpc) is 3.07. The molecule has 0 heterocycles. The molecule has 2 atom stereocenters. The Morgan fingerprint density at radius 2 is 1.06 bits per heavy atom. The van der Waals surface area contributed by atoms with Gasteiger partial charge >= 0.3 is 11.9 Å². The lowest BCUT2D eigenvalue weighted by Gasteiger charge is -2.14. The summed E-state index contributed by atoms with van der Waals surface area (Å²) in [6.45, 7) is 1.42. The van der Waals surface area contributed by atoms with Crippen LogP contribution in [0.5, 0.6) is 0 Å². The van der Waals surface area contributed by atoms with Gasteiger partial charge in [0.05, 0.1) is 19.8 Å². The van der Waals surface area contributed by atoms with Crippen LogP contribution in [0.15, 0.2) is 0 Å². The number of unbranched alkanes of at least 4 members (excludes halogenated alkanes) is 15. The Morgan fingerprint density at radius 3 is 1.61 bits per heavy atom. The summed E-state index contributed by atoms with van der Waals surface area (Å²) in [5.41, 5.74) is 5.42. The highest BCUT2D eigenvalue weighted by atomic mass is 16.5. The van der Waals surface area contributed by atoms with Crippen LogP contribution < -0.4 is 21.7 Å². The van der Waals surface area contributed by atoms with Gasteiger partial charge in [0.1, 0.15) is 18.7 Å². The first-order chi connectivity index (χ1) is 23.7. The van der Waals surface area contributed by atoms with Crippen LogP contribution in [0.1, 0.15) is 135 Å². The van der Waals surface area contributed by atoms with Crippen molar-refractivity contribution in [3.05, 3.63) is 0 Å². The number of aliphatic hydroxyl groups excluding tert-OH is 1. The van der Waals surface area contributed by atoms with E-state index >= 15 is 0 Å². The van der Waals surface area contributed by atoms with Crippen LogP contribution in [-0.2, 0) is 33.4 Å². The van der Waals surface area contributed by atoms with Crippen LogP contribution >= 0.6 is 0 Å². The normalized spacial score (nSPS) is 12.3. The molecule has 0 bridgehead atoms. The summed E-state index contributed by atoms with van der Waals surface area (Å²) in [5, 5.41) is 34.8. The van der Waals surface area contributed by atoms with Crippen molar-refractivity contribution in [2.24, 2.45) is 5.73 Å². The van der Waals surface area contributed by atoms with Crippen LogP contribution in [0.4, 0.5) is 0 Å². The first-order valence-electron chi connectivity index (χ1n) is 18.5. The lowest BCUT2D eigenvalue weighted by molar-refractivity contribution is -0.142. The number of carboxylic acids is 2. The number of carbonyl (C=O) groups excluding carboxylic acids is 3. The van der Waals surface area contributed by atoms with Crippen molar-refractivity contribution in [2.75, 3.05) is 46.1 Å². The van der Waals surface area contributed by atoms with Gasteiger partial charge in [0.25, 0.3) is 0 Å². The highest BCUT2D eigenvalue weighted by molar-refractivity contribution is 5.84. The van der Waals surface area contributed by atoms with Crippen LogP contribution in [-0.4, -0.2) is 103 Å². The second-order valence-electron chi connectivity index (χ2n) is 12.6. The molecule has 0 spiro atoms. The van der Waals surface area contributed by atoms with Gasteiger partial charge in [-0.05, 0) is 38.5 Å². The zero-order valence-electron chi connectivity index (χ0n) is 29.7. The van der Waals surface area contributed by atoms with Crippen molar-refractivity contribution in [3.8, 4) is 0 Å². The van der Waals surface area contributed by atoms with Crippen LogP contribution in [0.3, 0.4) is 0 Å². The summed E-state index contributed by atoms with van der Waals surface area (Å²) in [7, 11) is 0. The summed E-state index contributed by atoms with van der Waals surface area (Å²) < 4.78 is 10.6. The third-order valence-electron chi connectivity index (χ3n) is 8.11. The molecule has 0 aromatic heterocycles. The van der Waals surface area contributed by atoms with Crippen molar-refractivity contribution in [1.82, 2.24) is 16.0 Å². The van der Waals surface area contributed by atoms with E-state index in [4.69, 9.17) is 25.4 Å². The topological polar surface area (TPSA) is 227 Å².